The Morgan fingerprint density at radius 3 is 2.37 bits per heavy atom. The largest absolute Gasteiger partial charge is 0.369 e. The van der Waals surface area contributed by atoms with Gasteiger partial charge in [-0.25, -0.2) is 8.42 Å². The zero-order valence-corrected chi connectivity index (χ0v) is 16.3. The number of benzene rings is 2. The highest BCUT2D eigenvalue weighted by atomic mass is 32.2. The van der Waals surface area contributed by atoms with Crippen LogP contribution < -0.4 is 10.2 Å². The lowest BCUT2D eigenvalue weighted by Gasteiger charge is -2.35. The second-order valence-electron chi connectivity index (χ2n) is 6.66. The molecule has 27 heavy (non-hydrogen) atoms. The van der Waals surface area contributed by atoms with Gasteiger partial charge in [0.2, 0.25) is 10.0 Å². The summed E-state index contributed by atoms with van der Waals surface area (Å²) in [5.74, 6) is -0.342. The van der Waals surface area contributed by atoms with Crippen molar-refractivity contribution in [2.75, 3.05) is 43.4 Å². The Kier molecular flexibility index (Phi) is 6.13. The van der Waals surface area contributed by atoms with Gasteiger partial charge >= 0.3 is 0 Å². The lowest BCUT2D eigenvalue weighted by molar-refractivity contribution is 0.0956. The van der Waals surface area contributed by atoms with Gasteiger partial charge in [-0.3, -0.25) is 4.79 Å². The van der Waals surface area contributed by atoms with Crippen LogP contribution in [-0.4, -0.2) is 57.1 Å². The van der Waals surface area contributed by atoms with Crippen molar-refractivity contribution < 1.29 is 13.2 Å². The molecule has 1 heterocycles. The van der Waals surface area contributed by atoms with Gasteiger partial charge in [-0.2, -0.15) is 4.31 Å². The van der Waals surface area contributed by atoms with Gasteiger partial charge < -0.3 is 10.2 Å². The van der Waals surface area contributed by atoms with E-state index in [4.69, 9.17) is 0 Å². The molecule has 7 heteroatoms. The Bertz CT molecular complexity index is 876. The monoisotopic (exact) mass is 387 g/mol. The Balaban J connectivity index is 1.49. The molecule has 6 nitrogen and oxygen atoms in total. The number of rotatable bonds is 6. The first-order valence-electron chi connectivity index (χ1n) is 9.08. The van der Waals surface area contributed by atoms with Crippen molar-refractivity contribution in [3.05, 3.63) is 65.7 Å². The van der Waals surface area contributed by atoms with Crippen molar-refractivity contribution in [2.24, 2.45) is 0 Å². The maximum atomic E-state index is 12.6. The normalized spacial score (nSPS) is 15.5. The second kappa shape index (κ2) is 8.54. The zero-order chi connectivity index (χ0) is 19.3. The smallest absolute Gasteiger partial charge is 0.251 e. The highest BCUT2D eigenvalue weighted by Gasteiger charge is 2.26. The maximum absolute atomic E-state index is 12.6. The molecule has 1 N–H and O–H groups in total. The predicted octanol–water partition coefficient (Wildman–Crippen LogP) is 1.88. The maximum Gasteiger partial charge on any atom is 0.251 e. The first kappa shape index (κ1) is 19.4. The van der Waals surface area contributed by atoms with Crippen LogP contribution in [0.4, 0.5) is 5.69 Å². The van der Waals surface area contributed by atoms with Gasteiger partial charge in [0.15, 0.2) is 0 Å². The third kappa shape index (κ3) is 5.08. The van der Waals surface area contributed by atoms with Gasteiger partial charge in [-0.15, -0.1) is 0 Å². The Morgan fingerprint density at radius 2 is 1.70 bits per heavy atom. The van der Waals surface area contributed by atoms with Gasteiger partial charge in [-0.1, -0.05) is 30.3 Å². The number of hydrogen-bond acceptors (Lipinski definition) is 4. The molecular weight excluding hydrogens is 362 g/mol. The quantitative estimate of drug-likeness (QED) is 0.822. The number of sulfonamides is 1. The van der Waals surface area contributed by atoms with Crippen molar-refractivity contribution in [1.82, 2.24) is 9.62 Å². The summed E-state index contributed by atoms with van der Waals surface area (Å²) < 4.78 is 26.6. The highest BCUT2D eigenvalue weighted by Crippen LogP contribution is 2.19. The first-order valence-corrected chi connectivity index (χ1v) is 10.7. The van der Waals surface area contributed by atoms with Gasteiger partial charge in [-0.05, 0) is 36.8 Å². The molecule has 0 bridgehead atoms. The Labute approximate surface area is 160 Å². The number of piperazine rings is 1. The van der Waals surface area contributed by atoms with Crippen LogP contribution in [0.5, 0.6) is 0 Å². The third-order valence-electron chi connectivity index (χ3n) is 4.68. The van der Waals surface area contributed by atoms with E-state index in [-0.39, 0.29) is 18.2 Å². The van der Waals surface area contributed by atoms with Crippen molar-refractivity contribution in [1.29, 1.82) is 0 Å². The average Bonchev–Trinajstić information content (AvgIpc) is 2.68. The number of aryl methyl sites for hydroxylation is 1. The average molecular weight is 388 g/mol. The van der Waals surface area contributed by atoms with Crippen molar-refractivity contribution in [3.8, 4) is 0 Å². The van der Waals surface area contributed by atoms with E-state index in [9.17, 15) is 13.2 Å². The first-order chi connectivity index (χ1) is 13.0. The van der Waals surface area contributed by atoms with Crippen LogP contribution >= 0.6 is 0 Å². The summed E-state index contributed by atoms with van der Waals surface area (Å²) in [7, 11) is -3.38. The van der Waals surface area contributed by atoms with Crippen LogP contribution in [0, 0.1) is 6.92 Å². The molecule has 144 valence electrons. The minimum Gasteiger partial charge on any atom is -0.369 e. The molecule has 0 atom stereocenters. The molecule has 0 aliphatic carbocycles. The third-order valence-corrected chi connectivity index (χ3v) is 6.55. The van der Waals surface area contributed by atoms with E-state index in [0.29, 0.717) is 31.7 Å². The fraction of sp³-hybridized carbons (Fsp3) is 0.350. The van der Waals surface area contributed by atoms with Crippen LogP contribution in [0.3, 0.4) is 0 Å². The number of hydrogen-bond donors (Lipinski definition) is 1. The summed E-state index contributed by atoms with van der Waals surface area (Å²) in [6, 6.07) is 17.0. The van der Waals surface area contributed by atoms with Gasteiger partial charge in [0.05, 0.1) is 5.75 Å². The molecule has 0 radical (unpaired) electrons. The number of amides is 1. The Hall–Kier alpha value is -2.38. The number of nitrogens with zero attached hydrogens (tertiary/aromatic N) is 2. The van der Waals surface area contributed by atoms with Gasteiger partial charge in [0.25, 0.3) is 5.91 Å². The molecule has 0 unspecified atom stereocenters. The highest BCUT2D eigenvalue weighted by molar-refractivity contribution is 7.89. The van der Waals surface area contributed by atoms with E-state index < -0.39 is 10.0 Å². The Morgan fingerprint density at radius 1 is 1.00 bits per heavy atom. The van der Waals surface area contributed by atoms with Crippen molar-refractivity contribution >= 4 is 21.6 Å². The number of anilines is 1. The molecule has 2 aromatic rings. The van der Waals surface area contributed by atoms with Crippen LogP contribution in [-0.2, 0) is 10.0 Å². The summed E-state index contributed by atoms with van der Waals surface area (Å²) in [6.45, 7) is 4.41. The number of carbonyl (C=O) groups is 1. The molecule has 1 amide bonds. The van der Waals surface area contributed by atoms with E-state index in [1.54, 1.807) is 24.3 Å². The minimum atomic E-state index is -3.38. The standard InChI is InChI=1S/C20H25N3O3S/c1-17-6-5-9-19(16-17)22-11-13-23(14-12-22)27(25,26)15-10-21-20(24)18-7-3-2-4-8-18/h2-9,16H,10-15H2,1H3,(H,21,24). The SMILES string of the molecule is Cc1cccc(N2CCN(S(=O)(=O)CCNC(=O)c3ccccc3)CC2)c1. The molecule has 0 spiro atoms. The lowest BCUT2D eigenvalue weighted by atomic mass is 10.2. The van der Waals surface area contributed by atoms with Crippen LogP contribution in [0.1, 0.15) is 15.9 Å². The summed E-state index contributed by atoms with van der Waals surface area (Å²) in [6.07, 6.45) is 0. The zero-order valence-electron chi connectivity index (χ0n) is 15.5. The fourth-order valence-electron chi connectivity index (χ4n) is 3.16. The summed E-state index contributed by atoms with van der Waals surface area (Å²) >= 11 is 0. The van der Waals surface area contributed by atoms with Crippen molar-refractivity contribution in [3.63, 3.8) is 0 Å². The van der Waals surface area contributed by atoms with Crippen molar-refractivity contribution in [2.45, 2.75) is 6.92 Å². The van der Waals surface area contributed by atoms with E-state index in [1.807, 2.05) is 25.1 Å². The lowest BCUT2D eigenvalue weighted by Crippen LogP contribution is -2.50. The second-order valence-corrected chi connectivity index (χ2v) is 8.75. The van der Waals surface area contributed by atoms with Crippen LogP contribution in [0.25, 0.3) is 0 Å². The molecule has 3 rings (SSSR count). The molecule has 2 aromatic carbocycles. The van der Waals surface area contributed by atoms with E-state index in [1.165, 1.54) is 9.87 Å². The number of carbonyl (C=O) groups excluding carboxylic acids is 1. The van der Waals surface area contributed by atoms with E-state index in [2.05, 4.69) is 22.3 Å². The van der Waals surface area contributed by atoms with E-state index in [0.717, 1.165) is 5.69 Å². The molecule has 1 saturated heterocycles. The predicted molar refractivity (Wildman–Crippen MR) is 108 cm³/mol. The molecule has 0 aromatic heterocycles. The van der Waals surface area contributed by atoms with Crippen LogP contribution in [0.15, 0.2) is 54.6 Å². The molecule has 0 saturated carbocycles. The van der Waals surface area contributed by atoms with E-state index >= 15 is 0 Å². The summed E-state index contributed by atoms with van der Waals surface area (Å²) in [5.41, 5.74) is 2.85. The minimum absolute atomic E-state index is 0.0873. The molecule has 1 aliphatic heterocycles. The van der Waals surface area contributed by atoms with Gasteiger partial charge in [0.1, 0.15) is 0 Å². The fourth-order valence-corrected chi connectivity index (χ4v) is 4.50. The topological polar surface area (TPSA) is 69.7 Å². The molecule has 1 fully saturated rings. The van der Waals surface area contributed by atoms with Gasteiger partial charge in [0, 0.05) is 44.0 Å². The molecule has 1 aliphatic rings. The molecular formula is C20H25N3O3S. The van der Waals surface area contributed by atoms with Crippen LogP contribution in [0.2, 0.25) is 0 Å². The summed E-state index contributed by atoms with van der Waals surface area (Å²) in [4.78, 5) is 14.2. The summed E-state index contributed by atoms with van der Waals surface area (Å²) in [5, 5.41) is 2.68. The number of nitrogens with one attached hydrogen (secondary N) is 1.